The number of hydrogen-bond donors (Lipinski definition) is 2. The number of aliphatic imine (C=N–C) groups is 1. The third kappa shape index (κ3) is 6.90. The Morgan fingerprint density at radius 2 is 2.16 bits per heavy atom. The number of benzene rings is 1. The molecular formula is C22H33ClIN5O2. The molecule has 1 unspecified atom stereocenters. The van der Waals surface area contributed by atoms with E-state index in [1.54, 1.807) is 13.3 Å². The van der Waals surface area contributed by atoms with Crippen molar-refractivity contribution in [3.8, 4) is 5.75 Å². The van der Waals surface area contributed by atoms with Crippen LogP contribution in [0.1, 0.15) is 45.8 Å². The van der Waals surface area contributed by atoms with Gasteiger partial charge in [-0.15, -0.1) is 24.0 Å². The molecule has 1 aromatic heterocycles. The van der Waals surface area contributed by atoms with Gasteiger partial charge in [-0.25, -0.2) is 9.98 Å². The molecule has 1 aromatic carbocycles. The summed E-state index contributed by atoms with van der Waals surface area (Å²) in [6, 6.07) is 5.98. The third-order valence-corrected chi connectivity index (χ3v) is 5.26. The van der Waals surface area contributed by atoms with Crippen LogP contribution >= 0.6 is 35.6 Å². The van der Waals surface area contributed by atoms with Gasteiger partial charge in [0.05, 0.1) is 19.0 Å². The number of oxazole rings is 1. The topological polar surface area (TPSA) is 74.9 Å². The maximum Gasteiger partial charge on any atom is 0.216 e. The zero-order valence-electron chi connectivity index (χ0n) is 18.9. The highest BCUT2D eigenvalue weighted by Crippen LogP contribution is 2.33. The largest absolute Gasteiger partial charge is 0.495 e. The molecule has 0 radical (unpaired) electrons. The summed E-state index contributed by atoms with van der Waals surface area (Å²) in [4.78, 5) is 11.3. The normalized spacial score (nSPS) is 16.8. The lowest BCUT2D eigenvalue weighted by molar-refractivity contribution is 0.383. The number of ether oxygens (including phenoxy) is 1. The van der Waals surface area contributed by atoms with Gasteiger partial charge in [0.2, 0.25) is 5.89 Å². The summed E-state index contributed by atoms with van der Waals surface area (Å²) in [6.07, 6.45) is 2.78. The zero-order valence-corrected chi connectivity index (χ0v) is 22.0. The summed E-state index contributed by atoms with van der Waals surface area (Å²) in [6.45, 7) is 11.3. The predicted molar refractivity (Wildman–Crippen MR) is 137 cm³/mol. The number of hydrogen-bond acceptors (Lipinski definition) is 5. The number of rotatable bonds is 6. The van der Waals surface area contributed by atoms with Gasteiger partial charge in [0.15, 0.2) is 5.96 Å². The molecule has 1 atom stereocenters. The van der Waals surface area contributed by atoms with Crippen molar-refractivity contribution < 1.29 is 9.15 Å². The van der Waals surface area contributed by atoms with Crippen molar-refractivity contribution in [3.63, 3.8) is 0 Å². The minimum atomic E-state index is -0.0631. The number of nitrogens with one attached hydrogen (secondary N) is 2. The van der Waals surface area contributed by atoms with E-state index in [2.05, 4.69) is 53.2 Å². The van der Waals surface area contributed by atoms with E-state index in [1.807, 2.05) is 18.2 Å². The molecule has 0 amide bonds. The van der Waals surface area contributed by atoms with E-state index in [4.69, 9.17) is 20.8 Å². The Bertz CT molecular complexity index is 881. The standard InChI is InChI=1S/C22H32ClN5O2.HI/c1-6-24-21(26-13-20-25-12-19(30-20)22(2,3)4)27-16-9-10-28(14-16)17-11-15(23)7-8-18(17)29-5;/h7-8,11-12,16H,6,9-10,13-14H2,1-5H3,(H2,24,26,27);1H. The molecule has 0 saturated carbocycles. The van der Waals surface area contributed by atoms with Gasteiger partial charge in [0.1, 0.15) is 18.1 Å². The smallest absolute Gasteiger partial charge is 0.216 e. The summed E-state index contributed by atoms with van der Waals surface area (Å²) < 4.78 is 11.4. The van der Waals surface area contributed by atoms with Crippen LogP contribution in [0.2, 0.25) is 5.02 Å². The monoisotopic (exact) mass is 561 g/mol. The molecule has 0 spiro atoms. The first kappa shape index (κ1) is 25.6. The van der Waals surface area contributed by atoms with E-state index in [0.717, 1.165) is 49.2 Å². The average Bonchev–Trinajstić information content (AvgIpc) is 3.36. The van der Waals surface area contributed by atoms with Crippen LogP contribution in [0.3, 0.4) is 0 Å². The number of methoxy groups -OCH3 is 1. The lowest BCUT2D eigenvalue weighted by atomic mass is 9.94. The maximum absolute atomic E-state index is 6.20. The van der Waals surface area contributed by atoms with Crippen molar-refractivity contribution in [2.24, 2.45) is 4.99 Å². The molecule has 3 rings (SSSR count). The molecule has 7 nitrogen and oxygen atoms in total. The summed E-state index contributed by atoms with van der Waals surface area (Å²) in [5, 5.41) is 7.54. The molecular weight excluding hydrogens is 529 g/mol. The first-order valence-corrected chi connectivity index (χ1v) is 10.8. The van der Waals surface area contributed by atoms with Crippen molar-refractivity contribution >= 4 is 47.2 Å². The quantitative estimate of drug-likeness (QED) is 0.305. The zero-order chi connectivity index (χ0) is 21.7. The minimum Gasteiger partial charge on any atom is -0.495 e. The van der Waals surface area contributed by atoms with Gasteiger partial charge >= 0.3 is 0 Å². The molecule has 1 aliphatic rings. The average molecular weight is 562 g/mol. The highest BCUT2D eigenvalue weighted by molar-refractivity contribution is 14.0. The SMILES string of the molecule is CCNC(=NCc1ncc(C(C)(C)C)o1)NC1CCN(c2cc(Cl)ccc2OC)C1.I. The van der Waals surface area contributed by atoms with Crippen LogP contribution < -0.4 is 20.3 Å². The van der Waals surface area contributed by atoms with Crippen LogP contribution in [0, 0.1) is 0 Å². The predicted octanol–water partition coefficient (Wildman–Crippen LogP) is 4.59. The molecule has 1 saturated heterocycles. The summed E-state index contributed by atoms with van der Waals surface area (Å²) >= 11 is 6.20. The minimum absolute atomic E-state index is 0. The van der Waals surface area contributed by atoms with E-state index in [0.29, 0.717) is 17.5 Å². The van der Waals surface area contributed by atoms with Crippen LogP contribution in [-0.2, 0) is 12.0 Å². The van der Waals surface area contributed by atoms with E-state index in [-0.39, 0.29) is 35.4 Å². The van der Waals surface area contributed by atoms with Gasteiger partial charge in [-0.1, -0.05) is 32.4 Å². The molecule has 9 heteroatoms. The lowest BCUT2D eigenvalue weighted by Gasteiger charge is -2.22. The second kappa shape index (κ2) is 11.3. The van der Waals surface area contributed by atoms with Gasteiger partial charge < -0.3 is 24.7 Å². The fourth-order valence-corrected chi connectivity index (χ4v) is 3.56. The fraction of sp³-hybridized carbons (Fsp3) is 0.545. The van der Waals surface area contributed by atoms with Gasteiger partial charge in [-0.2, -0.15) is 0 Å². The number of anilines is 1. The number of halogens is 2. The van der Waals surface area contributed by atoms with Gasteiger partial charge in [-0.3, -0.25) is 0 Å². The Morgan fingerprint density at radius 3 is 2.81 bits per heavy atom. The Labute approximate surface area is 207 Å². The van der Waals surface area contributed by atoms with Crippen molar-refractivity contribution in [1.82, 2.24) is 15.6 Å². The summed E-state index contributed by atoms with van der Waals surface area (Å²) in [7, 11) is 1.68. The number of aromatic nitrogens is 1. The molecule has 31 heavy (non-hydrogen) atoms. The van der Waals surface area contributed by atoms with Crippen LogP contribution in [0.15, 0.2) is 33.8 Å². The second-order valence-electron chi connectivity index (χ2n) is 8.46. The van der Waals surface area contributed by atoms with Crippen molar-refractivity contribution in [1.29, 1.82) is 0 Å². The Morgan fingerprint density at radius 1 is 1.39 bits per heavy atom. The Hall–Kier alpha value is -1.68. The molecule has 1 aliphatic heterocycles. The highest BCUT2D eigenvalue weighted by atomic mass is 127. The first-order chi connectivity index (χ1) is 14.3. The van der Waals surface area contributed by atoms with E-state index in [1.165, 1.54) is 0 Å². The van der Waals surface area contributed by atoms with Gasteiger partial charge in [0, 0.05) is 36.1 Å². The van der Waals surface area contributed by atoms with Crippen molar-refractivity contribution in [2.45, 2.75) is 52.1 Å². The molecule has 172 valence electrons. The molecule has 1 fully saturated rings. The molecule has 2 heterocycles. The van der Waals surface area contributed by atoms with E-state index in [9.17, 15) is 0 Å². The van der Waals surface area contributed by atoms with Crippen molar-refractivity contribution in [3.05, 3.63) is 41.1 Å². The Kier molecular flexibility index (Phi) is 9.29. The second-order valence-corrected chi connectivity index (χ2v) is 8.89. The molecule has 2 N–H and O–H groups in total. The van der Waals surface area contributed by atoms with Crippen molar-refractivity contribution in [2.75, 3.05) is 31.6 Å². The van der Waals surface area contributed by atoms with E-state index < -0.39 is 0 Å². The number of guanidine groups is 1. The van der Waals surface area contributed by atoms with Gasteiger partial charge in [-0.05, 0) is 31.5 Å². The van der Waals surface area contributed by atoms with Gasteiger partial charge in [0.25, 0.3) is 0 Å². The van der Waals surface area contributed by atoms with Crippen LogP contribution in [0.25, 0.3) is 0 Å². The maximum atomic E-state index is 6.20. The molecule has 0 aliphatic carbocycles. The Balaban J connectivity index is 0.00000341. The highest BCUT2D eigenvalue weighted by Gasteiger charge is 2.26. The molecule has 0 bridgehead atoms. The third-order valence-electron chi connectivity index (χ3n) is 5.02. The lowest BCUT2D eigenvalue weighted by Crippen LogP contribution is -2.44. The molecule has 2 aromatic rings. The van der Waals surface area contributed by atoms with E-state index >= 15 is 0 Å². The summed E-state index contributed by atoms with van der Waals surface area (Å²) in [5.74, 6) is 3.08. The van der Waals surface area contributed by atoms with Crippen LogP contribution in [0.5, 0.6) is 5.75 Å². The first-order valence-electron chi connectivity index (χ1n) is 10.4. The fourth-order valence-electron chi connectivity index (χ4n) is 3.40. The summed E-state index contributed by atoms with van der Waals surface area (Å²) in [5.41, 5.74) is 0.956. The number of nitrogens with zero attached hydrogens (tertiary/aromatic N) is 3. The van der Waals surface area contributed by atoms with Crippen LogP contribution in [0.4, 0.5) is 5.69 Å². The van der Waals surface area contributed by atoms with Crippen LogP contribution in [-0.4, -0.2) is 43.7 Å².